The predicted octanol–water partition coefficient (Wildman–Crippen LogP) is 4.29. The fraction of sp³-hybridized carbons (Fsp3) is 0.552. The van der Waals surface area contributed by atoms with Crippen molar-refractivity contribution in [2.75, 3.05) is 19.5 Å². The monoisotopic (exact) mass is 630 g/mol. The van der Waals surface area contributed by atoms with E-state index < -0.39 is 88.1 Å². The molecule has 236 valence electrons. The lowest BCUT2D eigenvalue weighted by Gasteiger charge is -2.53. The highest BCUT2D eigenvalue weighted by atomic mass is 32.2. The fourth-order valence-electron chi connectivity index (χ4n) is 6.44. The van der Waals surface area contributed by atoms with Crippen LogP contribution in [0.4, 0.5) is 22.0 Å². The molecule has 3 aromatic rings. The first-order valence-corrected chi connectivity index (χ1v) is 15.8. The number of aliphatic hydroxyl groups excluding tert-OH is 2. The molecule has 1 aliphatic heterocycles. The summed E-state index contributed by atoms with van der Waals surface area (Å²) >= 11 is 0. The van der Waals surface area contributed by atoms with Crippen LogP contribution in [0.5, 0.6) is 0 Å². The third-order valence-corrected chi connectivity index (χ3v) is 12.3. The summed E-state index contributed by atoms with van der Waals surface area (Å²) in [6.45, 7) is 1.45. The van der Waals surface area contributed by atoms with Crippen LogP contribution in [0, 0.1) is 17.5 Å². The third kappa shape index (κ3) is 6.04. The number of hydrogen-bond donors (Lipinski definition) is 4. The molecule has 1 saturated carbocycles. The van der Waals surface area contributed by atoms with Gasteiger partial charge >= 0.3 is 0 Å². The van der Waals surface area contributed by atoms with Gasteiger partial charge in [0, 0.05) is 42.7 Å². The van der Waals surface area contributed by atoms with E-state index in [4.69, 9.17) is 4.74 Å². The number of hydrogen-bond acceptors (Lipinski definition) is 7. The van der Waals surface area contributed by atoms with Gasteiger partial charge in [0.05, 0.1) is 41.6 Å². The van der Waals surface area contributed by atoms with Crippen molar-refractivity contribution >= 4 is 10.9 Å². The van der Waals surface area contributed by atoms with Crippen LogP contribution in [-0.4, -0.2) is 83.7 Å². The molecule has 0 amide bonds. The van der Waals surface area contributed by atoms with Gasteiger partial charge in [-0.2, -0.15) is 0 Å². The molecule has 3 heterocycles. The number of rotatable bonds is 8. The summed E-state index contributed by atoms with van der Waals surface area (Å²) in [7, 11) is -0.101. The Kier molecular flexibility index (Phi) is 9.15. The van der Waals surface area contributed by atoms with E-state index in [0.717, 1.165) is 17.7 Å². The topological polar surface area (TPSA) is 114 Å². The Labute approximate surface area is 248 Å². The molecule has 5 rings (SSSR count). The van der Waals surface area contributed by atoms with Crippen molar-refractivity contribution in [3.63, 3.8) is 0 Å². The predicted molar refractivity (Wildman–Crippen MR) is 151 cm³/mol. The van der Waals surface area contributed by atoms with Crippen LogP contribution < -0.4 is 0 Å². The van der Waals surface area contributed by atoms with Gasteiger partial charge in [0.1, 0.15) is 11.7 Å². The number of alkyl halides is 2. The molecular formula is C29H35F5N4O4S. The Bertz CT molecular complexity index is 1410. The van der Waals surface area contributed by atoms with E-state index in [-0.39, 0.29) is 29.9 Å². The van der Waals surface area contributed by atoms with E-state index >= 15 is 0 Å². The lowest BCUT2D eigenvalue weighted by Crippen LogP contribution is -2.54. The third-order valence-electron chi connectivity index (χ3n) is 8.78. The summed E-state index contributed by atoms with van der Waals surface area (Å²) in [6, 6.07) is 4.29. The molecule has 3 N–H and O–H groups in total. The maximum absolute atomic E-state index is 14.3. The van der Waals surface area contributed by atoms with E-state index in [1.54, 1.807) is 12.3 Å². The van der Waals surface area contributed by atoms with Crippen molar-refractivity contribution in [2.45, 2.75) is 79.3 Å². The number of aryl methyl sites for hydroxylation is 1. The summed E-state index contributed by atoms with van der Waals surface area (Å²) in [5.74, 6) is -7.06. The molecule has 2 aromatic heterocycles. The number of halogens is 5. The first-order valence-electron chi connectivity index (χ1n) is 14.1. The maximum Gasteiger partial charge on any atom is 0.248 e. The Morgan fingerprint density at radius 3 is 2.42 bits per heavy atom. The quantitative estimate of drug-likeness (QED) is 0.167. The number of benzene rings is 1. The first-order chi connectivity index (χ1) is 20.4. The second-order valence-electron chi connectivity index (χ2n) is 11.3. The van der Waals surface area contributed by atoms with Crippen molar-refractivity contribution in [2.24, 2.45) is 0 Å². The molecule has 1 saturated heterocycles. The smallest absolute Gasteiger partial charge is 0.248 e. The number of pyridine rings is 1. The number of thiol groups is 1. The zero-order valence-corrected chi connectivity index (χ0v) is 24.6. The molecule has 43 heavy (non-hydrogen) atoms. The molecule has 8 nitrogen and oxygen atoms in total. The average molecular weight is 631 g/mol. The van der Waals surface area contributed by atoms with Crippen molar-refractivity contribution in [3.8, 4) is 11.3 Å². The van der Waals surface area contributed by atoms with Crippen LogP contribution in [0.15, 0.2) is 36.7 Å². The van der Waals surface area contributed by atoms with E-state index in [2.05, 4.69) is 15.3 Å². The van der Waals surface area contributed by atoms with Crippen LogP contribution in [-0.2, 0) is 11.2 Å². The molecule has 1 unspecified atom stereocenters. The highest BCUT2D eigenvalue weighted by Crippen LogP contribution is 2.61. The zero-order chi connectivity index (χ0) is 31.1. The van der Waals surface area contributed by atoms with Gasteiger partial charge < -0.3 is 20.1 Å². The standard InChI is InChI=1S/C29H35F5N4O4S/c1-3-16-5-4-10-35-24(16)27(28(41)6-8-29(33,34)9-7-28)43-15-21(42-2)25(26(40)22(43)14-39)38-13-20(36-37-38)17-11-18(30)23(32)19(31)12-17/h4-5,10-13,21-22,25-27,39-41,43H,3,6-9,14-15H2,1-2H3/t21-,22+,25+,26-,27-/m0/s1. The van der Waals surface area contributed by atoms with Gasteiger partial charge in [-0.3, -0.25) is 4.98 Å². The van der Waals surface area contributed by atoms with Crippen LogP contribution in [0.1, 0.15) is 55.2 Å². The average Bonchev–Trinajstić information content (AvgIpc) is 3.47. The van der Waals surface area contributed by atoms with Crippen molar-refractivity contribution < 1.29 is 42.0 Å². The van der Waals surface area contributed by atoms with Crippen molar-refractivity contribution in [1.29, 1.82) is 0 Å². The Hall–Kier alpha value is -2.65. The number of aromatic nitrogens is 4. The zero-order valence-electron chi connectivity index (χ0n) is 23.7. The SMILES string of the molecule is CCc1cccnc1[C@H]([SH]1C[C@H](OC)[C@@H](n2cc(-c3cc(F)c(F)c(F)c3)nn2)[C@@H](O)[C@H]1CO)C1(O)CCC(F)(F)CC1. The first kappa shape index (κ1) is 31.8. The minimum Gasteiger partial charge on any atom is -0.395 e. The molecule has 2 aliphatic rings. The highest BCUT2D eigenvalue weighted by Gasteiger charge is 2.54. The van der Waals surface area contributed by atoms with E-state index in [1.807, 2.05) is 13.0 Å². The second kappa shape index (κ2) is 12.4. The molecule has 1 aliphatic carbocycles. The molecule has 0 spiro atoms. The largest absolute Gasteiger partial charge is 0.395 e. The van der Waals surface area contributed by atoms with Gasteiger partial charge in [0.15, 0.2) is 17.5 Å². The fourth-order valence-corrected chi connectivity index (χ4v) is 10.3. The van der Waals surface area contributed by atoms with Gasteiger partial charge in [-0.1, -0.05) is 18.2 Å². The molecule has 2 fully saturated rings. The van der Waals surface area contributed by atoms with Crippen LogP contribution in [0.3, 0.4) is 0 Å². The minimum atomic E-state index is -2.90. The Morgan fingerprint density at radius 1 is 1.14 bits per heavy atom. The molecular weight excluding hydrogens is 595 g/mol. The Balaban J connectivity index is 1.53. The van der Waals surface area contributed by atoms with E-state index in [9.17, 15) is 37.3 Å². The van der Waals surface area contributed by atoms with Crippen molar-refractivity contribution in [3.05, 3.63) is 65.4 Å². The lowest BCUT2D eigenvalue weighted by molar-refractivity contribution is -0.105. The highest BCUT2D eigenvalue weighted by molar-refractivity contribution is 8.18. The summed E-state index contributed by atoms with van der Waals surface area (Å²) in [5.41, 5.74) is -0.207. The molecule has 0 radical (unpaired) electrons. The normalized spacial score (nSPS) is 28.5. The molecule has 14 heteroatoms. The van der Waals surface area contributed by atoms with Gasteiger partial charge in [-0.15, -0.1) is 5.10 Å². The van der Waals surface area contributed by atoms with E-state index in [0.29, 0.717) is 12.1 Å². The second-order valence-corrected chi connectivity index (χ2v) is 13.9. The summed E-state index contributed by atoms with van der Waals surface area (Å²) in [4.78, 5) is 4.61. The van der Waals surface area contributed by atoms with Crippen LogP contribution >= 0.6 is 10.9 Å². The van der Waals surface area contributed by atoms with Crippen LogP contribution in [0.25, 0.3) is 11.3 Å². The van der Waals surface area contributed by atoms with Gasteiger partial charge in [-0.25, -0.2) is 37.5 Å². The van der Waals surface area contributed by atoms with Crippen molar-refractivity contribution in [1.82, 2.24) is 20.0 Å². The minimum absolute atomic E-state index is 0.0182. The van der Waals surface area contributed by atoms with Gasteiger partial charge in [-0.05, 0) is 43.0 Å². The molecule has 6 atom stereocenters. The summed E-state index contributed by atoms with van der Waals surface area (Å²) in [6.07, 6.45) is 0.145. The molecule has 0 bridgehead atoms. The number of aliphatic hydroxyl groups is 3. The van der Waals surface area contributed by atoms with Gasteiger partial charge in [0.25, 0.3) is 0 Å². The summed E-state index contributed by atoms with van der Waals surface area (Å²) < 4.78 is 76.9. The Morgan fingerprint density at radius 2 is 1.81 bits per heavy atom. The lowest BCUT2D eigenvalue weighted by atomic mass is 9.78. The van der Waals surface area contributed by atoms with Gasteiger partial charge in [0.2, 0.25) is 5.92 Å². The summed E-state index contributed by atoms with van der Waals surface area (Å²) in [5, 5.41) is 40.9. The molecule has 1 aromatic carbocycles. The van der Waals surface area contributed by atoms with E-state index in [1.165, 1.54) is 18.0 Å². The van der Waals surface area contributed by atoms with Crippen LogP contribution in [0.2, 0.25) is 0 Å². The number of ether oxygens (including phenoxy) is 1. The number of methoxy groups -OCH3 is 1. The number of nitrogens with zero attached hydrogens (tertiary/aromatic N) is 4. The maximum atomic E-state index is 14.3.